The smallest absolute Gasteiger partial charge is 0.272 e. The molecule has 102 valence electrons. The second-order valence-corrected chi connectivity index (χ2v) is 4.49. The number of hydrogen-bond donors (Lipinski definition) is 2. The van der Waals surface area contributed by atoms with Crippen LogP contribution in [0, 0.1) is 18.8 Å². The van der Waals surface area contributed by atoms with Gasteiger partial charge in [0.05, 0.1) is 6.54 Å². The highest BCUT2D eigenvalue weighted by Gasteiger charge is 2.10. The van der Waals surface area contributed by atoms with Crippen LogP contribution in [0.4, 0.5) is 5.69 Å². The first-order valence-corrected chi connectivity index (χ1v) is 6.34. The van der Waals surface area contributed by atoms with Crippen LogP contribution in [0.5, 0.6) is 0 Å². The van der Waals surface area contributed by atoms with Gasteiger partial charge in [-0.3, -0.25) is 4.79 Å². The summed E-state index contributed by atoms with van der Waals surface area (Å²) in [4.78, 5) is 12.1. The molecule has 20 heavy (non-hydrogen) atoms. The minimum absolute atomic E-state index is 0.124. The van der Waals surface area contributed by atoms with Crippen molar-refractivity contribution in [2.45, 2.75) is 6.92 Å². The molecule has 1 aromatic heterocycles. The Morgan fingerprint density at radius 2 is 2.20 bits per heavy atom. The lowest BCUT2D eigenvalue weighted by molar-refractivity contribution is 0.101. The standard InChI is InChI=1S/C16H17N3O/c1-12-11-13(5-3-9-17)7-8-14(12)18-16(20)15-6-4-10-19(15)2/h4,6-8,10-11H,9,17H2,1-2H3,(H,18,20). The van der Waals surface area contributed by atoms with Crippen molar-refractivity contribution in [3.8, 4) is 11.8 Å². The molecule has 0 fully saturated rings. The van der Waals surface area contributed by atoms with Gasteiger partial charge < -0.3 is 15.6 Å². The van der Waals surface area contributed by atoms with Gasteiger partial charge in [-0.25, -0.2) is 0 Å². The summed E-state index contributed by atoms with van der Waals surface area (Å²) in [6, 6.07) is 9.29. The van der Waals surface area contributed by atoms with Crippen LogP contribution in [0.2, 0.25) is 0 Å². The summed E-state index contributed by atoms with van der Waals surface area (Å²) < 4.78 is 1.78. The van der Waals surface area contributed by atoms with Crippen LogP contribution in [-0.4, -0.2) is 17.0 Å². The predicted molar refractivity (Wildman–Crippen MR) is 80.5 cm³/mol. The maximum Gasteiger partial charge on any atom is 0.272 e. The third-order valence-corrected chi connectivity index (χ3v) is 2.99. The molecule has 3 N–H and O–H groups in total. The fourth-order valence-corrected chi connectivity index (χ4v) is 1.92. The number of rotatable bonds is 2. The maximum absolute atomic E-state index is 12.1. The molecule has 0 bridgehead atoms. The lowest BCUT2D eigenvalue weighted by Crippen LogP contribution is -2.16. The Morgan fingerprint density at radius 1 is 1.40 bits per heavy atom. The topological polar surface area (TPSA) is 60.0 Å². The van der Waals surface area contributed by atoms with Gasteiger partial charge in [0, 0.05) is 24.5 Å². The first-order chi connectivity index (χ1) is 9.61. The van der Waals surface area contributed by atoms with E-state index in [2.05, 4.69) is 17.2 Å². The summed E-state index contributed by atoms with van der Waals surface area (Å²) in [6.45, 7) is 2.28. The molecule has 0 spiro atoms. The second-order valence-electron chi connectivity index (χ2n) is 4.49. The van der Waals surface area contributed by atoms with E-state index in [0.29, 0.717) is 12.2 Å². The first-order valence-electron chi connectivity index (χ1n) is 6.34. The molecule has 0 saturated heterocycles. The van der Waals surface area contributed by atoms with Gasteiger partial charge in [-0.2, -0.15) is 0 Å². The molecule has 2 aromatic rings. The molecule has 1 heterocycles. The summed E-state index contributed by atoms with van der Waals surface area (Å²) in [5.74, 6) is 5.66. The van der Waals surface area contributed by atoms with Crippen molar-refractivity contribution >= 4 is 11.6 Å². The number of anilines is 1. The maximum atomic E-state index is 12.1. The Balaban J connectivity index is 2.18. The van der Waals surface area contributed by atoms with Crippen molar-refractivity contribution in [3.05, 3.63) is 53.3 Å². The predicted octanol–water partition coefficient (Wildman–Crippen LogP) is 1.90. The van der Waals surface area contributed by atoms with E-state index >= 15 is 0 Å². The molecular weight excluding hydrogens is 250 g/mol. The van der Waals surface area contributed by atoms with Crippen LogP contribution in [-0.2, 0) is 7.05 Å². The van der Waals surface area contributed by atoms with Crippen molar-refractivity contribution in [1.29, 1.82) is 0 Å². The molecule has 0 radical (unpaired) electrons. The summed E-state index contributed by atoms with van der Waals surface area (Å²) in [7, 11) is 1.84. The number of nitrogens with one attached hydrogen (secondary N) is 1. The molecule has 0 aliphatic carbocycles. The average Bonchev–Trinajstić information content (AvgIpc) is 2.85. The van der Waals surface area contributed by atoms with Gasteiger partial charge >= 0.3 is 0 Å². The average molecular weight is 267 g/mol. The number of nitrogens with zero attached hydrogens (tertiary/aromatic N) is 1. The molecule has 1 amide bonds. The fourth-order valence-electron chi connectivity index (χ4n) is 1.92. The number of benzene rings is 1. The highest BCUT2D eigenvalue weighted by Crippen LogP contribution is 2.17. The Labute approximate surface area is 118 Å². The van der Waals surface area contributed by atoms with Crippen molar-refractivity contribution < 1.29 is 4.79 Å². The third kappa shape index (κ3) is 3.08. The van der Waals surface area contributed by atoms with E-state index in [9.17, 15) is 4.79 Å². The largest absolute Gasteiger partial charge is 0.347 e. The second kappa shape index (κ2) is 6.09. The molecule has 0 saturated carbocycles. The van der Waals surface area contributed by atoms with E-state index in [1.165, 1.54) is 0 Å². The zero-order valence-corrected chi connectivity index (χ0v) is 11.6. The number of carbonyl (C=O) groups is 1. The highest BCUT2D eigenvalue weighted by molar-refractivity contribution is 6.03. The van der Waals surface area contributed by atoms with Gasteiger partial charge in [0.15, 0.2) is 0 Å². The quantitative estimate of drug-likeness (QED) is 0.816. The number of carbonyl (C=O) groups excluding carboxylic acids is 1. The minimum atomic E-state index is -0.124. The third-order valence-electron chi connectivity index (χ3n) is 2.99. The molecule has 0 atom stereocenters. The monoisotopic (exact) mass is 267 g/mol. The lowest BCUT2D eigenvalue weighted by atomic mass is 10.1. The Bertz CT molecular complexity index is 689. The summed E-state index contributed by atoms with van der Waals surface area (Å²) in [6.07, 6.45) is 1.84. The number of aryl methyl sites for hydroxylation is 2. The summed E-state index contributed by atoms with van der Waals surface area (Å²) in [5, 5.41) is 2.90. The zero-order chi connectivity index (χ0) is 14.5. The van der Waals surface area contributed by atoms with Crippen LogP contribution in [0.3, 0.4) is 0 Å². The Kier molecular flexibility index (Phi) is 4.24. The lowest BCUT2D eigenvalue weighted by Gasteiger charge is -2.09. The summed E-state index contributed by atoms with van der Waals surface area (Å²) in [5.41, 5.74) is 8.62. The molecule has 0 unspecified atom stereocenters. The van der Waals surface area contributed by atoms with E-state index in [1.54, 1.807) is 10.6 Å². The fraction of sp³-hybridized carbons (Fsp3) is 0.188. The number of amides is 1. The van der Waals surface area contributed by atoms with E-state index in [0.717, 1.165) is 16.8 Å². The van der Waals surface area contributed by atoms with Crippen LogP contribution >= 0.6 is 0 Å². The van der Waals surface area contributed by atoms with Crippen LogP contribution < -0.4 is 11.1 Å². The van der Waals surface area contributed by atoms with E-state index in [1.807, 2.05) is 44.4 Å². The molecule has 0 aliphatic rings. The first kappa shape index (κ1) is 13.9. The van der Waals surface area contributed by atoms with E-state index in [-0.39, 0.29) is 5.91 Å². The van der Waals surface area contributed by atoms with Crippen LogP contribution in [0.1, 0.15) is 21.6 Å². The zero-order valence-electron chi connectivity index (χ0n) is 11.6. The van der Waals surface area contributed by atoms with E-state index < -0.39 is 0 Å². The molecule has 4 heteroatoms. The molecular formula is C16H17N3O. The Morgan fingerprint density at radius 3 is 2.80 bits per heavy atom. The van der Waals surface area contributed by atoms with Crippen molar-refractivity contribution in [2.75, 3.05) is 11.9 Å². The molecule has 2 rings (SSSR count). The summed E-state index contributed by atoms with van der Waals surface area (Å²) >= 11 is 0. The number of nitrogens with two attached hydrogens (primary N) is 1. The van der Waals surface area contributed by atoms with Gasteiger partial charge in [0.1, 0.15) is 5.69 Å². The number of hydrogen-bond acceptors (Lipinski definition) is 2. The molecule has 0 aliphatic heterocycles. The van der Waals surface area contributed by atoms with Crippen LogP contribution in [0.15, 0.2) is 36.5 Å². The van der Waals surface area contributed by atoms with Gasteiger partial charge in [0.2, 0.25) is 0 Å². The van der Waals surface area contributed by atoms with Crippen molar-refractivity contribution in [3.63, 3.8) is 0 Å². The van der Waals surface area contributed by atoms with Crippen molar-refractivity contribution in [1.82, 2.24) is 4.57 Å². The van der Waals surface area contributed by atoms with Crippen molar-refractivity contribution in [2.24, 2.45) is 12.8 Å². The van der Waals surface area contributed by atoms with Gasteiger partial charge in [-0.15, -0.1) is 0 Å². The SMILES string of the molecule is Cc1cc(C#CCN)ccc1NC(=O)c1cccn1C. The van der Waals surface area contributed by atoms with Gasteiger partial charge in [-0.1, -0.05) is 11.8 Å². The highest BCUT2D eigenvalue weighted by atomic mass is 16.1. The van der Waals surface area contributed by atoms with Gasteiger partial charge in [0.25, 0.3) is 5.91 Å². The van der Waals surface area contributed by atoms with E-state index in [4.69, 9.17) is 5.73 Å². The molecule has 1 aromatic carbocycles. The number of aromatic nitrogens is 1. The molecule has 4 nitrogen and oxygen atoms in total. The minimum Gasteiger partial charge on any atom is -0.347 e. The van der Waals surface area contributed by atoms with Gasteiger partial charge in [-0.05, 0) is 42.8 Å². The van der Waals surface area contributed by atoms with Crippen LogP contribution in [0.25, 0.3) is 0 Å². The normalized spacial score (nSPS) is 9.75. The Hall–Kier alpha value is -2.51.